The van der Waals surface area contributed by atoms with Crippen molar-refractivity contribution in [2.75, 3.05) is 31.3 Å². The minimum absolute atomic E-state index is 0.0117. The summed E-state index contributed by atoms with van der Waals surface area (Å²) in [6, 6.07) is 10.3. The van der Waals surface area contributed by atoms with Crippen molar-refractivity contribution in [1.82, 2.24) is 4.31 Å². The van der Waals surface area contributed by atoms with Crippen LogP contribution in [0, 0.1) is 0 Å². The molecule has 156 valence electrons. The molecule has 1 aliphatic rings. The van der Waals surface area contributed by atoms with Gasteiger partial charge in [-0.05, 0) is 54.3 Å². The number of rotatable bonds is 6. The Morgan fingerprint density at radius 2 is 1.86 bits per heavy atom. The summed E-state index contributed by atoms with van der Waals surface area (Å²) in [6.45, 7) is 0.624. The number of sulfonamides is 1. The molecule has 0 saturated carbocycles. The quantitative estimate of drug-likeness (QED) is 0.622. The van der Waals surface area contributed by atoms with Crippen LogP contribution in [0.3, 0.4) is 0 Å². The number of aryl methyl sites for hydroxylation is 1. The van der Waals surface area contributed by atoms with Crippen LogP contribution in [0.1, 0.15) is 17.5 Å². The molecule has 0 radical (unpaired) electrons. The molecule has 5 nitrogen and oxygen atoms in total. The number of thioether (sulfide) groups is 1. The fraction of sp³-hybridized carbons (Fsp3) is 0.350. The first-order chi connectivity index (χ1) is 13.7. The number of carbonyl (C=O) groups excluding carboxylic acids is 1. The normalized spacial score (nSPS) is 14.2. The van der Waals surface area contributed by atoms with E-state index in [1.807, 2.05) is 0 Å². The molecule has 2 aromatic carbocycles. The van der Waals surface area contributed by atoms with Gasteiger partial charge in [0, 0.05) is 42.1 Å². The second kappa shape index (κ2) is 9.27. The molecule has 0 aliphatic carbocycles. The zero-order valence-corrected chi connectivity index (χ0v) is 19.3. The van der Waals surface area contributed by atoms with Crippen molar-refractivity contribution in [3.8, 4) is 0 Å². The van der Waals surface area contributed by atoms with Crippen LogP contribution in [-0.2, 0) is 27.0 Å². The number of halogens is 2. The minimum atomic E-state index is -3.50. The predicted molar refractivity (Wildman–Crippen MR) is 121 cm³/mol. The molecule has 0 fully saturated rings. The topological polar surface area (TPSA) is 57.7 Å². The van der Waals surface area contributed by atoms with E-state index < -0.39 is 10.0 Å². The largest absolute Gasteiger partial charge is 0.311 e. The summed E-state index contributed by atoms with van der Waals surface area (Å²) >= 11 is 13.8. The Balaban J connectivity index is 1.72. The molecule has 0 unspecified atom stereocenters. The van der Waals surface area contributed by atoms with E-state index in [9.17, 15) is 13.2 Å². The molecule has 0 saturated heterocycles. The predicted octanol–water partition coefficient (Wildman–Crippen LogP) is 4.46. The lowest BCUT2D eigenvalue weighted by molar-refractivity contribution is -0.116. The summed E-state index contributed by atoms with van der Waals surface area (Å²) in [5.74, 6) is 0.825. The van der Waals surface area contributed by atoms with E-state index in [0.29, 0.717) is 28.1 Å². The molecule has 0 atom stereocenters. The first-order valence-corrected chi connectivity index (χ1v) is 12.4. The second-order valence-corrected chi connectivity index (χ2v) is 10.9. The first kappa shape index (κ1) is 22.4. The third kappa shape index (κ3) is 4.91. The van der Waals surface area contributed by atoms with Gasteiger partial charge in [-0.1, -0.05) is 29.3 Å². The zero-order chi connectivity index (χ0) is 21.2. The molecule has 2 aromatic rings. The number of fused-ring (bicyclic) bond motifs is 1. The van der Waals surface area contributed by atoms with Crippen LogP contribution >= 0.6 is 35.0 Å². The van der Waals surface area contributed by atoms with Crippen LogP contribution in [-0.4, -0.2) is 45.0 Å². The Kier molecular flexibility index (Phi) is 7.17. The SMILES string of the molecule is CN(C)S(=O)(=O)c1ccc2c(c1)CCCN2C(=O)CSCc1c(Cl)cccc1Cl. The fourth-order valence-corrected chi connectivity index (χ4v) is 5.78. The van der Waals surface area contributed by atoms with E-state index in [2.05, 4.69) is 0 Å². The lowest BCUT2D eigenvalue weighted by Crippen LogP contribution is -2.37. The standard InChI is InChI=1S/C20H22Cl2N2O3S2/c1-23(2)29(26,27)15-8-9-19-14(11-15)5-4-10-24(19)20(25)13-28-12-16-17(21)6-3-7-18(16)22/h3,6-9,11H,4-5,10,12-13H2,1-2H3. The van der Waals surface area contributed by atoms with Crippen molar-refractivity contribution >= 4 is 56.6 Å². The van der Waals surface area contributed by atoms with Crippen molar-refractivity contribution in [1.29, 1.82) is 0 Å². The van der Waals surface area contributed by atoms with Crippen molar-refractivity contribution in [3.63, 3.8) is 0 Å². The van der Waals surface area contributed by atoms with Crippen LogP contribution in [0.15, 0.2) is 41.3 Å². The molecule has 9 heteroatoms. The Hall–Kier alpha value is -1.25. The van der Waals surface area contributed by atoms with E-state index in [1.54, 1.807) is 41.3 Å². The van der Waals surface area contributed by atoms with Crippen molar-refractivity contribution in [2.24, 2.45) is 0 Å². The van der Waals surface area contributed by atoms with Crippen LogP contribution in [0.4, 0.5) is 5.69 Å². The lowest BCUT2D eigenvalue weighted by Gasteiger charge is -2.30. The summed E-state index contributed by atoms with van der Waals surface area (Å²) in [6.07, 6.45) is 1.55. The maximum atomic E-state index is 12.8. The van der Waals surface area contributed by atoms with Crippen molar-refractivity contribution < 1.29 is 13.2 Å². The van der Waals surface area contributed by atoms with E-state index in [4.69, 9.17) is 23.2 Å². The van der Waals surface area contributed by atoms with Crippen LogP contribution < -0.4 is 4.90 Å². The van der Waals surface area contributed by atoms with E-state index in [0.717, 1.165) is 29.7 Å². The Morgan fingerprint density at radius 1 is 1.17 bits per heavy atom. The molecular weight excluding hydrogens is 451 g/mol. The Labute approximate surface area is 186 Å². The summed E-state index contributed by atoms with van der Waals surface area (Å²) < 4.78 is 26.0. The van der Waals surface area contributed by atoms with E-state index in [-0.39, 0.29) is 10.8 Å². The van der Waals surface area contributed by atoms with Gasteiger partial charge < -0.3 is 4.90 Å². The van der Waals surface area contributed by atoms with Gasteiger partial charge in [-0.2, -0.15) is 0 Å². The Bertz CT molecular complexity index is 1010. The highest BCUT2D eigenvalue weighted by molar-refractivity contribution is 7.99. The van der Waals surface area contributed by atoms with Crippen LogP contribution in [0.25, 0.3) is 0 Å². The van der Waals surface area contributed by atoms with Crippen LogP contribution in [0.2, 0.25) is 10.0 Å². The van der Waals surface area contributed by atoms with Gasteiger partial charge in [-0.25, -0.2) is 12.7 Å². The van der Waals surface area contributed by atoms with Gasteiger partial charge in [0.15, 0.2) is 0 Å². The van der Waals surface area contributed by atoms with E-state index >= 15 is 0 Å². The third-order valence-corrected chi connectivity index (χ3v) is 8.25. The molecule has 29 heavy (non-hydrogen) atoms. The molecule has 0 spiro atoms. The number of nitrogens with zero attached hydrogens (tertiary/aromatic N) is 2. The Morgan fingerprint density at radius 3 is 2.52 bits per heavy atom. The maximum Gasteiger partial charge on any atom is 0.242 e. The van der Waals surface area contributed by atoms with Gasteiger partial charge in [0.05, 0.1) is 10.6 Å². The highest BCUT2D eigenvalue weighted by atomic mass is 35.5. The molecule has 0 N–H and O–H groups in total. The van der Waals surface area contributed by atoms with E-state index in [1.165, 1.54) is 30.2 Å². The zero-order valence-electron chi connectivity index (χ0n) is 16.2. The van der Waals surface area contributed by atoms with Gasteiger partial charge in [-0.15, -0.1) is 11.8 Å². The fourth-order valence-electron chi connectivity index (χ4n) is 3.19. The second-order valence-electron chi connectivity index (χ2n) is 6.92. The van der Waals surface area contributed by atoms with Gasteiger partial charge in [0.25, 0.3) is 0 Å². The average Bonchev–Trinajstić information content (AvgIpc) is 2.69. The van der Waals surface area contributed by atoms with Crippen LogP contribution in [0.5, 0.6) is 0 Å². The monoisotopic (exact) mass is 472 g/mol. The van der Waals surface area contributed by atoms with Crippen molar-refractivity contribution in [3.05, 3.63) is 57.6 Å². The first-order valence-electron chi connectivity index (χ1n) is 9.08. The van der Waals surface area contributed by atoms with Gasteiger partial charge in [0.2, 0.25) is 15.9 Å². The summed E-state index contributed by atoms with van der Waals surface area (Å²) in [4.78, 5) is 14.8. The molecule has 1 heterocycles. The minimum Gasteiger partial charge on any atom is -0.311 e. The summed E-state index contributed by atoms with van der Waals surface area (Å²) in [5, 5.41) is 1.19. The van der Waals surface area contributed by atoms with Gasteiger partial charge in [-0.3, -0.25) is 4.79 Å². The number of amides is 1. The maximum absolute atomic E-state index is 12.8. The molecule has 0 aromatic heterocycles. The molecule has 3 rings (SSSR count). The molecule has 0 bridgehead atoms. The summed E-state index contributed by atoms with van der Waals surface area (Å²) in [5.41, 5.74) is 2.49. The van der Waals surface area contributed by atoms with Gasteiger partial charge >= 0.3 is 0 Å². The van der Waals surface area contributed by atoms with Gasteiger partial charge in [0.1, 0.15) is 0 Å². The average molecular weight is 473 g/mol. The molecule has 1 aliphatic heterocycles. The molecule has 1 amide bonds. The molecular formula is C20H22Cl2N2O3S2. The number of anilines is 1. The lowest BCUT2D eigenvalue weighted by atomic mass is 10.0. The third-order valence-electron chi connectivity index (χ3n) is 4.78. The smallest absolute Gasteiger partial charge is 0.242 e. The highest BCUT2D eigenvalue weighted by Gasteiger charge is 2.25. The highest BCUT2D eigenvalue weighted by Crippen LogP contribution is 2.32. The van der Waals surface area contributed by atoms with Crippen molar-refractivity contribution in [2.45, 2.75) is 23.5 Å². The number of hydrogen-bond donors (Lipinski definition) is 0. The number of benzene rings is 2. The number of hydrogen-bond acceptors (Lipinski definition) is 4. The number of carbonyl (C=O) groups is 1. The summed E-state index contributed by atoms with van der Waals surface area (Å²) in [7, 11) is -0.486.